The van der Waals surface area contributed by atoms with Crippen LogP contribution in [0, 0.1) is 5.82 Å². The van der Waals surface area contributed by atoms with Crippen LogP contribution in [0.4, 0.5) is 15.8 Å². The van der Waals surface area contributed by atoms with Crippen molar-refractivity contribution in [2.45, 2.75) is 19.3 Å². The minimum atomic E-state index is -0.229. The van der Waals surface area contributed by atoms with Crippen LogP contribution in [-0.4, -0.2) is 55.1 Å². The van der Waals surface area contributed by atoms with Gasteiger partial charge in [0.05, 0.1) is 0 Å². The molecule has 0 aliphatic carbocycles. The second-order valence-electron chi connectivity index (χ2n) is 7.20. The smallest absolute Gasteiger partial charge is 0.272 e. The van der Waals surface area contributed by atoms with Gasteiger partial charge in [-0.3, -0.25) is 9.78 Å². The van der Waals surface area contributed by atoms with E-state index in [-0.39, 0.29) is 11.7 Å². The van der Waals surface area contributed by atoms with Gasteiger partial charge in [0.25, 0.3) is 5.91 Å². The summed E-state index contributed by atoms with van der Waals surface area (Å²) in [6.07, 6.45) is 5.44. The number of carbonyl (C=O) groups is 1. The molecule has 0 saturated carbocycles. The second kappa shape index (κ2) is 7.94. The average Bonchev–Trinajstić information content (AvgIpc) is 2.75. The Hall–Kier alpha value is -2.63. The van der Waals surface area contributed by atoms with Gasteiger partial charge >= 0.3 is 0 Å². The molecule has 5 nitrogen and oxygen atoms in total. The van der Waals surface area contributed by atoms with Crippen molar-refractivity contribution in [2.24, 2.45) is 0 Å². The quantitative estimate of drug-likeness (QED) is 0.834. The Bertz CT molecular complexity index is 781. The van der Waals surface area contributed by atoms with E-state index in [2.05, 4.69) is 14.8 Å². The summed E-state index contributed by atoms with van der Waals surface area (Å²) in [6.45, 7) is 4.87. The summed E-state index contributed by atoms with van der Waals surface area (Å²) in [5, 5.41) is 0. The molecule has 6 heteroatoms. The van der Waals surface area contributed by atoms with E-state index in [1.807, 2.05) is 17.0 Å². The first-order valence-electron chi connectivity index (χ1n) is 9.71. The zero-order valence-corrected chi connectivity index (χ0v) is 15.5. The number of carbonyl (C=O) groups excluding carboxylic acids is 1. The summed E-state index contributed by atoms with van der Waals surface area (Å²) in [4.78, 5) is 23.6. The van der Waals surface area contributed by atoms with E-state index in [4.69, 9.17) is 0 Å². The van der Waals surface area contributed by atoms with E-state index >= 15 is 0 Å². The molecule has 0 bridgehead atoms. The van der Waals surface area contributed by atoms with Crippen molar-refractivity contribution < 1.29 is 9.18 Å². The topological polar surface area (TPSA) is 39.7 Å². The molecule has 1 amide bonds. The first-order valence-corrected chi connectivity index (χ1v) is 9.71. The van der Waals surface area contributed by atoms with Gasteiger partial charge in [0, 0.05) is 56.8 Å². The van der Waals surface area contributed by atoms with Gasteiger partial charge in [-0.05, 0) is 55.7 Å². The maximum absolute atomic E-state index is 13.1. The third-order valence-corrected chi connectivity index (χ3v) is 5.44. The van der Waals surface area contributed by atoms with Crippen LogP contribution in [0.2, 0.25) is 0 Å². The fourth-order valence-corrected chi connectivity index (χ4v) is 3.87. The lowest BCUT2D eigenvalue weighted by Crippen LogP contribution is -2.49. The van der Waals surface area contributed by atoms with Crippen LogP contribution in [0.5, 0.6) is 0 Å². The molecular weight excluding hydrogens is 343 g/mol. The predicted molar refractivity (Wildman–Crippen MR) is 105 cm³/mol. The fourth-order valence-electron chi connectivity index (χ4n) is 3.87. The average molecular weight is 368 g/mol. The molecule has 2 saturated heterocycles. The highest BCUT2D eigenvalue weighted by Gasteiger charge is 2.24. The maximum Gasteiger partial charge on any atom is 0.272 e. The van der Waals surface area contributed by atoms with Crippen molar-refractivity contribution in [3.63, 3.8) is 0 Å². The fraction of sp³-hybridized carbons (Fsp3) is 0.429. The van der Waals surface area contributed by atoms with Crippen LogP contribution in [0.25, 0.3) is 0 Å². The van der Waals surface area contributed by atoms with Crippen LogP contribution in [0.1, 0.15) is 29.8 Å². The molecule has 0 N–H and O–H groups in total. The Morgan fingerprint density at radius 3 is 2.19 bits per heavy atom. The zero-order chi connectivity index (χ0) is 18.6. The molecule has 3 heterocycles. The Morgan fingerprint density at radius 2 is 1.48 bits per heavy atom. The molecule has 2 aliphatic rings. The first kappa shape index (κ1) is 17.8. The number of nitrogens with zero attached hydrogens (tertiary/aromatic N) is 4. The molecule has 0 atom stereocenters. The normalized spacial score (nSPS) is 17.9. The molecular formula is C21H25FN4O. The van der Waals surface area contributed by atoms with Crippen molar-refractivity contribution in [1.82, 2.24) is 9.88 Å². The van der Waals surface area contributed by atoms with Gasteiger partial charge in [0.2, 0.25) is 0 Å². The highest BCUT2D eigenvalue weighted by Crippen LogP contribution is 2.21. The van der Waals surface area contributed by atoms with Gasteiger partial charge in [0.1, 0.15) is 11.5 Å². The van der Waals surface area contributed by atoms with Gasteiger partial charge in [-0.1, -0.05) is 0 Å². The summed E-state index contributed by atoms with van der Waals surface area (Å²) < 4.78 is 13.1. The summed E-state index contributed by atoms with van der Waals surface area (Å²) in [5.74, 6) is -0.236. The number of anilines is 2. The minimum absolute atomic E-state index is 0.00684. The second-order valence-corrected chi connectivity index (χ2v) is 7.20. The number of amides is 1. The van der Waals surface area contributed by atoms with E-state index in [0.717, 1.165) is 37.6 Å². The lowest BCUT2D eigenvalue weighted by Gasteiger charge is -2.36. The Morgan fingerprint density at radius 1 is 0.815 bits per heavy atom. The standard InChI is InChI=1S/C21H25FN4O/c22-17-4-6-18(7-5-17)25-12-14-26(15-13-25)21(27)20-16-19(8-9-23-20)24-10-2-1-3-11-24/h4-9,16H,1-3,10-15H2. The zero-order valence-electron chi connectivity index (χ0n) is 15.5. The molecule has 0 unspecified atom stereocenters. The van der Waals surface area contributed by atoms with Crippen LogP contribution in [-0.2, 0) is 0 Å². The number of piperazine rings is 1. The number of piperidine rings is 1. The molecule has 1 aromatic heterocycles. The van der Waals surface area contributed by atoms with Crippen molar-refractivity contribution in [3.05, 3.63) is 54.1 Å². The van der Waals surface area contributed by atoms with Crippen LogP contribution in [0.3, 0.4) is 0 Å². The monoisotopic (exact) mass is 368 g/mol. The molecule has 27 heavy (non-hydrogen) atoms. The van der Waals surface area contributed by atoms with Gasteiger partial charge in [-0.15, -0.1) is 0 Å². The van der Waals surface area contributed by atoms with Gasteiger partial charge in [-0.25, -0.2) is 4.39 Å². The number of hydrogen-bond donors (Lipinski definition) is 0. The Balaban J connectivity index is 1.39. The van der Waals surface area contributed by atoms with Crippen LogP contribution < -0.4 is 9.80 Å². The number of halogens is 1. The first-order chi connectivity index (χ1) is 13.2. The SMILES string of the molecule is O=C(c1cc(N2CCCCC2)ccn1)N1CCN(c2ccc(F)cc2)CC1. The summed E-state index contributed by atoms with van der Waals surface area (Å²) in [5.41, 5.74) is 2.61. The number of rotatable bonds is 3. The Labute approximate surface area is 159 Å². The molecule has 0 spiro atoms. The van der Waals surface area contributed by atoms with Crippen molar-refractivity contribution in [3.8, 4) is 0 Å². The maximum atomic E-state index is 13.1. The molecule has 0 radical (unpaired) electrons. The van der Waals surface area contributed by atoms with E-state index in [1.165, 1.54) is 31.4 Å². The molecule has 142 valence electrons. The van der Waals surface area contributed by atoms with E-state index in [9.17, 15) is 9.18 Å². The lowest BCUT2D eigenvalue weighted by molar-refractivity contribution is 0.0741. The Kier molecular flexibility index (Phi) is 5.23. The van der Waals surface area contributed by atoms with Gasteiger partial charge in [-0.2, -0.15) is 0 Å². The number of pyridine rings is 1. The summed E-state index contributed by atoms with van der Waals surface area (Å²) in [6, 6.07) is 10.5. The molecule has 4 rings (SSSR count). The summed E-state index contributed by atoms with van der Waals surface area (Å²) in [7, 11) is 0. The molecule has 2 aliphatic heterocycles. The summed E-state index contributed by atoms with van der Waals surface area (Å²) >= 11 is 0. The van der Waals surface area contributed by atoms with E-state index in [0.29, 0.717) is 18.8 Å². The van der Waals surface area contributed by atoms with Crippen LogP contribution >= 0.6 is 0 Å². The largest absolute Gasteiger partial charge is 0.371 e. The van der Waals surface area contributed by atoms with E-state index in [1.54, 1.807) is 18.3 Å². The third-order valence-electron chi connectivity index (χ3n) is 5.44. The highest BCUT2D eigenvalue weighted by molar-refractivity contribution is 5.93. The number of aromatic nitrogens is 1. The lowest BCUT2D eigenvalue weighted by atomic mass is 10.1. The van der Waals surface area contributed by atoms with Gasteiger partial charge < -0.3 is 14.7 Å². The molecule has 1 aromatic carbocycles. The van der Waals surface area contributed by atoms with Gasteiger partial charge in [0.15, 0.2) is 0 Å². The van der Waals surface area contributed by atoms with Crippen LogP contribution in [0.15, 0.2) is 42.6 Å². The number of benzene rings is 1. The predicted octanol–water partition coefficient (Wildman–Crippen LogP) is 3.17. The molecule has 2 fully saturated rings. The van der Waals surface area contributed by atoms with Crippen molar-refractivity contribution >= 4 is 17.3 Å². The minimum Gasteiger partial charge on any atom is -0.371 e. The number of hydrogen-bond acceptors (Lipinski definition) is 4. The van der Waals surface area contributed by atoms with Crippen molar-refractivity contribution in [2.75, 3.05) is 49.1 Å². The van der Waals surface area contributed by atoms with E-state index < -0.39 is 0 Å². The van der Waals surface area contributed by atoms with Crippen molar-refractivity contribution in [1.29, 1.82) is 0 Å². The third kappa shape index (κ3) is 4.04. The molecule has 2 aromatic rings. The highest BCUT2D eigenvalue weighted by atomic mass is 19.1.